The highest BCUT2D eigenvalue weighted by atomic mass is 16.7. The third kappa shape index (κ3) is 4.90. The van der Waals surface area contributed by atoms with Crippen LogP contribution in [0.3, 0.4) is 0 Å². The highest BCUT2D eigenvalue weighted by Gasteiger charge is 2.71. The van der Waals surface area contributed by atoms with E-state index < -0.39 is 11.4 Å². The largest absolute Gasteiger partial charge is 0.465 e. The average molecular weight is 598 g/mol. The van der Waals surface area contributed by atoms with Gasteiger partial charge in [-0.25, -0.2) is 4.79 Å². The van der Waals surface area contributed by atoms with Crippen LogP contribution in [0.1, 0.15) is 120 Å². The van der Waals surface area contributed by atoms with Gasteiger partial charge in [0.25, 0.3) is 0 Å². The van der Waals surface area contributed by atoms with E-state index >= 15 is 0 Å². The van der Waals surface area contributed by atoms with Crippen LogP contribution in [0, 0.1) is 56.7 Å². The fourth-order valence-electron chi connectivity index (χ4n) is 12.1. The van der Waals surface area contributed by atoms with Crippen molar-refractivity contribution in [3.63, 3.8) is 0 Å². The minimum Gasteiger partial charge on any atom is -0.465 e. The number of oxime groups is 1. The molecule has 0 amide bonds. The van der Waals surface area contributed by atoms with Crippen LogP contribution in [-0.4, -0.2) is 36.8 Å². The second-order valence-electron chi connectivity index (χ2n) is 16.1. The Morgan fingerprint density at radius 1 is 0.767 bits per heavy atom. The van der Waals surface area contributed by atoms with E-state index in [1.54, 1.807) is 0 Å². The van der Waals surface area contributed by atoms with E-state index in [4.69, 9.17) is 14.3 Å². The van der Waals surface area contributed by atoms with Crippen molar-refractivity contribution in [3.05, 3.63) is 12.2 Å². The molecular formula is C36H55NO6. The molecule has 5 saturated carbocycles. The van der Waals surface area contributed by atoms with Gasteiger partial charge in [-0.3, -0.25) is 9.59 Å². The molecule has 0 heterocycles. The highest BCUT2D eigenvalue weighted by molar-refractivity contribution is 5.91. The number of allylic oxidation sites excluding steroid dienone is 1. The van der Waals surface area contributed by atoms with Crippen molar-refractivity contribution in [2.75, 3.05) is 13.2 Å². The average Bonchev–Trinajstić information content (AvgIpc) is 3.31. The summed E-state index contributed by atoms with van der Waals surface area (Å²) in [6, 6.07) is 0. The molecule has 5 rings (SSSR count). The Hall–Kier alpha value is -2.18. The second-order valence-corrected chi connectivity index (χ2v) is 16.1. The van der Waals surface area contributed by atoms with Gasteiger partial charge in [0.05, 0.1) is 12.3 Å². The van der Waals surface area contributed by atoms with Gasteiger partial charge in [0.1, 0.15) is 6.61 Å². The fraction of sp³-hybridized carbons (Fsp3) is 0.833. The summed E-state index contributed by atoms with van der Waals surface area (Å²) < 4.78 is 11.5. The minimum absolute atomic E-state index is 0.0425. The second kappa shape index (κ2) is 11.0. The minimum atomic E-state index is -0.491. The zero-order valence-electron chi connectivity index (χ0n) is 28.0. The molecule has 5 fully saturated rings. The monoisotopic (exact) mass is 597 g/mol. The van der Waals surface area contributed by atoms with Gasteiger partial charge in [-0.1, -0.05) is 45.0 Å². The number of hydrogen-bond acceptors (Lipinski definition) is 7. The van der Waals surface area contributed by atoms with Crippen LogP contribution in [-0.2, 0) is 28.7 Å². The summed E-state index contributed by atoms with van der Waals surface area (Å²) in [5.41, 5.74) is 2.07. The Balaban J connectivity index is 1.51. The summed E-state index contributed by atoms with van der Waals surface area (Å²) >= 11 is 0. The van der Waals surface area contributed by atoms with E-state index in [0.717, 1.165) is 57.1 Å². The van der Waals surface area contributed by atoms with E-state index in [0.29, 0.717) is 30.3 Å². The third-order valence-electron chi connectivity index (χ3n) is 14.3. The van der Waals surface area contributed by atoms with Crippen LogP contribution in [0.2, 0.25) is 0 Å². The summed E-state index contributed by atoms with van der Waals surface area (Å²) in [6.45, 7) is 21.7. The molecule has 0 aromatic rings. The molecule has 7 nitrogen and oxygen atoms in total. The van der Waals surface area contributed by atoms with Gasteiger partial charge in [0, 0.05) is 31.6 Å². The van der Waals surface area contributed by atoms with E-state index in [1.165, 1.54) is 39.2 Å². The van der Waals surface area contributed by atoms with Crippen molar-refractivity contribution in [3.8, 4) is 0 Å². The van der Waals surface area contributed by atoms with Crippen LogP contribution in [0.5, 0.6) is 0 Å². The van der Waals surface area contributed by atoms with Crippen molar-refractivity contribution < 1.29 is 28.7 Å². The topological polar surface area (TPSA) is 91.3 Å². The maximum atomic E-state index is 12.0. The predicted octanol–water partition coefficient (Wildman–Crippen LogP) is 7.67. The summed E-state index contributed by atoms with van der Waals surface area (Å²) in [7, 11) is 0. The Morgan fingerprint density at radius 2 is 1.44 bits per heavy atom. The van der Waals surface area contributed by atoms with Gasteiger partial charge < -0.3 is 14.3 Å². The third-order valence-corrected chi connectivity index (χ3v) is 14.3. The molecule has 10 atom stereocenters. The van der Waals surface area contributed by atoms with E-state index in [9.17, 15) is 14.4 Å². The number of carbonyl (C=O) groups is 3. The lowest BCUT2D eigenvalue weighted by molar-refractivity contribution is -0.234. The molecule has 5 aliphatic carbocycles. The molecule has 0 bridgehead atoms. The lowest BCUT2D eigenvalue weighted by Crippen LogP contribution is -2.67. The summed E-state index contributed by atoms with van der Waals surface area (Å²) in [5.74, 6) is 1.44. The molecule has 0 aromatic carbocycles. The first-order valence-corrected chi connectivity index (χ1v) is 16.7. The number of rotatable bonds is 6. The molecule has 43 heavy (non-hydrogen) atoms. The molecule has 240 valence electrons. The molecule has 0 saturated heterocycles. The van der Waals surface area contributed by atoms with Crippen LogP contribution >= 0.6 is 0 Å². The van der Waals surface area contributed by atoms with Gasteiger partial charge in [-0.2, -0.15) is 0 Å². The number of ether oxygens (including phenoxy) is 2. The lowest BCUT2D eigenvalue weighted by atomic mass is 9.32. The molecule has 0 aliphatic heterocycles. The Kier molecular flexibility index (Phi) is 8.25. The Bertz CT molecular complexity index is 1210. The number of carbonyl (C=O) groups excluding carboxylic acids is 3. The predicted molar refractivity (Wildman–Crippen MR) is 166 cm³/mol. The van der Waals surface area contributed by atoms with Crippen molar-refractivity contribution in [1.29, 1.82) is 0 Å². The molecule has 5 aliphatic rings. The van der Waals surface area contributed by atoms with Crippen molar-refractivity contribution in [2.24, 2.45) is 61.8 Å². The first-order chi connectivity index (χ1) is 20.0. The van der Waals surface area contributed by atoms with E-state index in [-0.39, 0.29) is 46.1 Å². The smallest absolute Gasteiger partial charge is 0.331 e. The van der Waals surface area contributed by atoms with Crippen molar-refractivity contribution >= 4 is 23.6 Å². The van der Waals surface area contributed by atoms with Gasteiger partial charge in [0.15, 0.2) is 0 Å². The van der Waals surface area contributed by atoms with Gasteiger partial charge in [0.2, 0.25) is 0 Å². The molecule has 1 unspecified atom stereocenters. The van der Waals surface area contributed by atoms with Gasteiger partial charge >= 0.3 is 17.9 Å². The molecule has 0 spiro atoms. The maximum Gasteiger partial charge on any atom is 0.331 e. The fourth-order valence-corrected chi connectivity index (χ4v) is 12.1. The van der Waals surface area contributed by atoms with E-state index in [1.807, 2.05) is 0 Å². The number of nitrogens with zero attached hydrogens (tertiary/aromatic N) is 1. The van der Waals surface area contributed by atoms with Gasteiger partial charge in [-0.15, -0.1) is 0 Å². The first-order valence-electron chi connectivity index (χ1n) is 16.7. The zero-order chi connectivity index (χ0) is 31.6. The molecule has 7 heteroatoms. The summed E-state index contributed by atoms with van der Waals surface area (Å²) in [4.78, 5) is 40.9. The number of hydrogen-bond donors (Lipinski definition) is 0. The molecule has 0 N–H and O–H groups in total. The number of fused-ring (bicyclic) bond motifs is 7. The summed E-state index contributed by atoms with van der Waals surface area (Å²) in [6.07, 6.45) is 10.7. The van der Waals surface area contributed by atoms with Crippen LogP contribution < -0.4 is 0 Å². The number of esters is 2. The summed E-state index contributed by atoms with van der Waals surface area (Å²) in [5, 5.41) is 4.37. The van der Waals surface area contributed by atoms with E-state index in [2.05, 4.69) is 46.4 Å². The molecule has 0 aromatic heterocycles. The van der Waals surface area contributed by atoms with Gasteiger partial charge in [-0.05, 0) is 117 Å². The lowest BCUT2D eigenvalue weighted by Gasteiger charge is -2.72. The van der Waals surface area contributed by atoms with Crippen molar-refractivity contribution in [1.82, 2.24) is 0 Å². The normalized spacial score (nSPS) is 46.0. The Labute approximate surface area is 258 Å². The molecule has 0 radical (unpaired) electrons. The van der Waals surface area contributed by atoms with Crippen molar-refractivity contribution in [2.45, 2.75) is 120 Å². The molecular weight excluding hydrogens is 542 g/mol. The SMILES string of the molecule is C=C(C)[C@@H]1CC[C@]2(COC(C)=O)CC[C@]3(C)[C@H](CC[C@@H]4[C@@]5(C)CC/C(=N/OC(C)=O)C(C)(COC(C)=O)[C@@H]5CC[C@]43C)[C@@H]12. The van der Waals surface area contributed by atoms with Crippen LogP contribution in [0.15, 0.2) is 17.3 Å². The standard InChI is InChI=1S/C36H55NO6/c1-22(2)26-12-17-36(21-42-24(4)39)19-18-34(8)27(31(26)36)10-11-29-32(6)15-14-30(37-43-25(5)40)33(7,20-41-23(3)38)28(32)13-16-35(29,34)9/h26-29,31H,1,10-21H2,2-9H3/b37-30-/t26-,27+,28+,29+,31+,32-,33?,34+,35+,36+/m0/s1. The van der Waals surface area contributed by atoms with Crippen LogP contribution in [0.25, 0.3) is 0 Å². The maximum absolute atomic E-state index is 12.0. The highest BCUT2D eigenvalue weighted by Crippen LogP contribution is 2.77. The van der Waals surface area contributed by atoms with Crippen LogP contribution in [0.4, 0.5) is 0 Å². The first kappa shape index (κ1) is 32.2. The quantitative estimate of drug-likeness (QED) is 0.135. The Morgan fingerprint density at radius 3 is 2.07 bits per heavy atom. The zero-order valence-corrected chi connectivity index (χ0v) is 28.0.